The van der Waals surface area contributed by atoms with Gasteiger partial charge in [-0.15, -0.1) is 0 Å². The number of phenolic OH excluding ortho intramolecular Hbond substituents is 1. The molecule has 0 atom stereocenters. The number of carbonyl (C=O) groups is 1. The first kappa shape index (κ1) is 38.8. The second-order valence-electron chi connectivity index (χ2n) is 16.0. The fourth-order valence-corrected chi connectivity index (χ4v) is 9.21. The van der Waals surface area contributed by atoms with E-state index in [1.165, 1.54) is 12.8 Å². The zero-order chi connectivity index (χ0) is 38.7. The minimum absolute atomic E-state index is 0.105. The van der Waals surface area contributed by atoms with Crippen molar-refractivity contribution in [2.75, 3.05) is 57.8 Å². The Labute approximate surface area is 325 Å². The van der Waals surface area contributed by atoms with Crippen LogP contribution in [0.2, 0.25) is 0 Å². The van der Waals surface area contributed by atoms with Crippen molar-refractivity contribution in [3.8, 4) is 28.4 Å². The molecule has 0 unspecified atom stereocenters. The molecule has 2 aromatic carbocycles. The first-order chi connectivity index (χ1) is 26.7. The van der Waals surface area contributed by atoms with Gasteiger partial charge in [-0.3, -0.25) is 14.5 Å². The summed E-state index contributed by atoms with van der Waals surface area (Å²) in [5.41, 5.74) is 4.54. The molecule has 1 spiro atoms. The SMILES string of the molecule is CC.CCc1ccc(OC2CC3(CCN(CC4CCN(Cc5c(O)cc(-c6c[nH]c(=O)c7cnc(N8CCC8)cc67)cc5OC)CC4)CC3)C2)cc1C(C)=O. The van der Waals surface area contributed by atoms with Crippen molar-refractivity contribution in [3.05, 3.63) is 75.8 Å². The Balaban J connectivity index is 0.00000229. The van der Waals surface area contributed by atoms with E-state index in [4.69, 9.17) is 9.47 Å². The van der Waals surface area contributed by atoms with Gasteiger partial charge >= 0.3 is 0 Å². The number of aromatic hydroxyl groups is 1. The molecule has 3 saturated heterocycles. The third kappa shape index (κ3) is 8.26. The number of H-pyrrole nitrogens is 1. The molecule has 294 valence electrons. The second kappa shape index (κ2) is 16.8. The van der Waals surface area contributed by atoms with E-state index in [9.17, 15) is 14.7 Å². The Morgan fingerprint density at radius 1 is 0.982 bits per heavy atom. The number of nitrogens with zero attached hydrogens (tertiary/aromatic N) is 4. The minimum atomic E-state index is -0.176. The van der Waals surface area contributed by atoms with Gasteiger partial charge in [0, 0.05) is 60.6 Å². The average Bonchev–Trinajstić information content (AvgIpc) is 3.16. The monoisotopic (exact) mass is 749 g/mol. The summed E-state index contributed by atoms with van der Waals surface area (Å²) < 4.78 is 12.2. The summed E-state index contributed by atoms with van der Waals surface area (Å²) in [5, 5.41) is 12.7. The normalized spacial score (nSPS) is 19.0. The van der Waals surface area contributed by atoms with Crippen LogP contribution >= 0.6 is 0 Å². The highest BCUT2D eigenvalue weighted by Gasteiger charge is 2.47. The number of hydrogen-bond acceptors (Lipinski definition) is 9. The standard InChI is InChI=1S/C43H53N5O5.C2H6/c1-4-30-6-7-32(20-34(30)28(2)49)53-33-22-43(23-33)10-16-47(17-11-43)26-29-8-14-46(15-9-29)27-38-39(50)18-31(19-40(38)52-3)36-24-45-42(51)37-25-44-41(21-35(36)37)48-12-5-13-48;1-2/h6-7,18-21,24-25,29,33,50H,4-5,8-17,22-23,26-27H2,1-3H3,(H,45,51);1-2H3. The summed E-state index contributed by atoms with van der Waals surface area (Å²) >= 11 is 0. The maximum atomic E-state index is 12.7. The van der Waals surface area contributed by atoms with Crippen LogP contribution in [0.25, 0.3) is 21.9 Å². The van der Waals surface area contributed by atoms with E-state index >= 15 is 0 Å². The Morgan fingerprint density at radius 2 is 1.73 bits per heavy atom. The van der Waals surface area contributed by atoms with Crippen molar-refractivity contribution in [3.63, 3.8) is 0 Å². The first-order valence-electron chi connectivity index (χ1n) is 20.6. The number of likely N-dealkylation sites (tertiary alicyclic amines) is 2. The summed E-state index contributed by atoms with van der Waals surface area (Å²) in [6, 6.07) is 11.8. The third-order valence-electron chi connectivity index (χ3n) is 12.7. The quantitative estimate of drug-likeness (QED) is 0.148. The van der Waals surface area contributed by atoms with Gasteiger partial charge in [0.05, 0.1) is 18.6 Å². The molecule has 3 aliphatic heterocycles. The molecule has 4 aromatic rings. The fraction of sp³-hybridized carbons (Fsp3) is 0.533. The highest BCUT2D eigenvalue weighted by atomic mass is 16.5. The lowest BCUT2D eigenvalue weighted by Crippen LogP contribution is -2.51. The van der Waals surface area contributed by atoms with Gasteiger partial charge in [-0.2, -0.15) is 0 Å². The predicted octanol–water partition coefficient (Wildman–Crippen LogP) is 7.84. The van der Waals surface area contributed by atoms with Crippen LogP contribution in [0.1, 0.15) is 94.1 Å². The van der Waals surface area contributed by atoms with Crippen LogP contribution in [0.5, 0.6) is 17.2 Å². The number of Topliss-reactive ketones (excluding diaryl/α,β-unsaturated/α-hetero) is 1. The van der Waals surface area contributed by atoms with E-state index < -0.39 is 0 Å². The van der Waals surface area contributed by atoms with Gasteiger partial charge in [0.1, 0.15) is 23.1 Å². The molecule has 1 saturated carbocycles. The molecule has 0 radical (unpaired) electrons. The van der Waals surface area contributed by atoms with Crippen LogP contribution in [-0.2, 0) is 13.0 Å². The molecule has 1 aliphatic carbocycles. The summed E-state index contributed by atoms with van der Waals surface area (Å²) in [7, 11) is 1.65. The van der Waals surface area contributed by atoms with Crippen LogP contribution < -0.4 is 19.9 Å². The molecule has 8 rings (SSSR count). The zero-order valence-corrected chi connectivity index (χ0v) is 33.5. The third-order valence-corrected chi connectivity index (χ3v) is 12.7. The highest BCUT2D eigenvalue weighted by Crippen LogP contribution is 2.50. The largest absolute Gasteiger partial charge is 0.507 e. The number of carbonyl (C=O) groups excluding carboxylic acids is 1. The van der Waals surface area contributed by atoms with E-state index in [1.54, 1.807) is 32.5 Å². The molecule has 55 heavy (non-hydrogen) atoms. The number of benzene rings is 2. The van der Waals surface area contributed by atoms with Crippen LogP contribution in [0.3, 0.4) is 0 Å². The van der Waals surface area contributed by atoms with E-state index in [0.717, 1.165) is 129 Å². The molecular formula is C45H59N5O5. The van der Waals surface area contributed by atoms with Gasteiger partial charge in [-0.05, 0) is 137 Å². The molecule has 10 nitrogen and oxygen atoms in total. The number of methoxy groups -OCH3 is 1. The Kier molecular flexibility index (Phi) is 11.8. The number of piperidine rings is 2. The van der Waals surface area contributed by atoms with Crippen molar-refractivity contribution in [1.82, 2.24) is 19.8 Å². The summed E-state index contributed by atoms with van der Waals surface area (Å²) in [6.45, 7) is 15.7. The lowest BCUT2D eigenvalue weighted by Gasteiger charge is -2.52. The fourth-order valence-electron chi connectivity index (χ4n) is 9.21. The molecule has 0 bridgehead atoms. The van der Waals surface area contributed by atoms with Gasteiger partial charge in [0.25, 0.3) is 5.56 Å². The van der Waals surface area contributed by atoms with E-state index in [2.05, 4.69) is 31.6 Å². The number of pyridine rings is 2. The number of nitrogens with one attached hydrogen (secondary N) is 1. The van der Waals surface area contributed by atoms with Crippen molar-refractivity contribution in [2.24, 2.45) is 11.3 Å². The maximum Gasteiger partial charge on any atom is 0.257 e. The minimum Gasteiger partial charge on any atom is -0.507 e. The summed E-state index contributed by atoms with van der Waals surface area (Å²) in [5.74, 6) is 3.34. The summed E-state index contributed by atoms with van der Waals surface area (Å²) in [4.78, 5) is 39.5. The molecule has 4 aliphatic rings. The second-order valence-corrected chi connectivity index (χ2v) is 16.0. The predicted molar refractivity (Wildman–Crippen MR) is 220 cm³/mol. The first-order valence-corrected chi connectivity index (χ1v) is 20.6. The molecule has 5 heterocycles. The number of anilines is 1. The number of hydrogen-bond donors (Lipinski definition) is 2. The maximum absolute atomic E-state index is 12.7. The number of aromatic nitrogens is 2. The molecule has 10 heteroatoms. The number of aromatic amines is 1. The molecule has 2 N–H and O–H groups in total. The zero-order valence-electron chi connectivity index (χ0n) is 33.5. The number of phenols is 1. The van der Waals surface area contributed by atoms with E-state index in [-0.39, 0.29) is 23.2 Å². The molecule has 0 amide bonds. The van der Waals surface area contributed by atoms with Gasteiger partial charge < -0.3 is 29.4 Å². The average molecular weight is 750 g/mol. The van der Waals surface area contributed by atoms with E-state index in [0.29, 0.717) is 29.0 Å². The molecule has 4 fully saturated rings. The smallest absolute Gasteiger partial charge is 0.257 e. The number of rotatable bonds is 11. The van der Waals surface area contributed by atoms with Crippen molar-refractivity contribution >= 4 is 22.4 Å². The van der Waals surface area contributed by atoms with Crippen LogP contribution in [0.4, 0.5) is 5.82 Å². The van der Waals surface area contributed by atoms with Gasteiger partial charge in [-0.1, -0.05) is 26.8 Å². The Bertz CT molecular complexity index is 2030. The number of fused-ring (bicyclic) bond motifs is 1. The van der Waals surface area contributed by atoms with Crippen molar-refractivity contribution in [2.45, 2.75) is 91.7 Å². The molecule has 2 aromatic heterocycles. The topological polar surface area (TPSA) is 111 Å². The Hall–Kier alpha value is -4.41. The molecular weight excluding hydrogens is 691 g/mol. The number of aryl methyl sites for hydroxylation is 1. The van der Waals surface area contributed by atoms with Gasteiger partial charge in [-0.25, -0.2) is 4.98 Å². The lowest BCUT2D eigenvalue weighted by molar-refractivity contribution is -0.0580. The number of ether oxygens (including phenoxy) is 2. The van der Waals surface area contributed by atoms with Crippen molar-refractivity contribution < 1.29 is 19.4 Å². The number of ketones is 1. The Morgan fingerprint density at radius 3 is 2.38 bits per heavy atom. The van der Waals surface area contributed by atoms with Gasteiger partial charge in [0.15, 0.2) is 5.78 Å². The van der Waals surface area contributed by atoms with Crippen molar-refractivity contribution in [1.29, 1.82) is 0 Å². The van der Waals surface area contributed by atoms with Gasteiger partial charge in [0.2, 0.25) is 0 Å². The van der Waals surface area contributed by atoms with Crippen LogP contribution in [0, 0.1) is 11.3 Å². The van der Waals surface area contributed by atoms with Crippen LogP contribution in [0.15, 0.2) is 53.6 Å². The van der Waals surface area contributed by atoms with Crippen LogP contribution in [-0.4, -0.2) is 89.7 Å². The highest BCUT2D eigenvalue weighted by molar-refractivity contribution is 5.97. The summed E-state index contributed by atoms with van der Waals surface area (Å²) in [6.07, 6.45) is 12.6. The van der Waals surface area contributed by atoms with E-state index in [1.807, 2.05) is 44.2 Å². The lowest BCUT2D eigenvalue weighted by atomic mass is 9.61.